The van der Waals surface area contributed by atoms with Gasteiger partial charge in [0.15, 0.2) is 17.5 Å². The highest BCUT2D eigenvalue weighted by Gasteiger charge is 2.18. The van der Waals surface area contributed by atoms with Crippen molar-refractivity contribution in [2.24, 2.45) is 10.7 Å². The maximum atomic E-state index is 6.07. The first kappa shape index (κ1) is 16.9. The molecular formula is C18H27N3O3. The van der Waals surface area contributed by atoms with Crippen LogP contribution in [0.2, 0.25) is 0 Å². The summed E-state index contributed by atoms with van der Waals surface area (Å²) in [5.41, 5.74) is 7.13. The monoisotopic (exact) mass is 333 g/mol. The van der Waals surface area contributed by atoms with Crippen molar-refractivity contribution in [3.63, 3.8) is 0 Å². The van der Waals surface area contributed by atoms with E-state index in [-0.39, 0.29) is 0 Å². The molecule has 0 atom stereocenters. The Morgan fingerprint density at radius 1 is 1.25 bits per heavy atom. The van der Waals surface area contributed by atoms with E-state index in [0.29, 0.717) is 31.8 Å². The Hall–Kier alpha value is -1.95. The van der Waals surface area contributed by atoms with Crippen molar-refractivity contribution in [3.8, 4) is 11.5 Å². The zero-order valence-corrected chi connectivity index (χ0v) is 14.4. The standard InChI is InChI=1S/C18H27N3O3/c1-22-17-12-14(6-7-16(17)24-15-4-2-3-5-15)13-20-18(19)21-8-10-23-11-9-21/h6-7,12,15H,2-5,8-11,13H2,1H3,(H2,19,20). The van der Waals surface area contributed by atoms with E-state index in [2.05, 4.69) is 9.89 Å². The molecule has 0 amide bonds. The number of hydrogen-bond acceptors (Lipinski definition) is 4. The molecule has 6 nitrogen and oxygen atoms in total. The molecule has 0 bridgehead atoms. The van der Waals surface area contributed by atoms with E-state index in [1.54, 1.807) is 7.11 Å². The first-order valence-corrected chi connectivity index (χ1v) is 8.72. The first-order chi connectivity index (χ1) is 11.8. The van der Waals surface area contributed by atoms with Gasteiger partial charge in [-0.05, 0) is 43.4 Å². The van der Waals surface area contributed by atoms with Gasteiger partial charge in [0.05, 0.1) is 33.0 Å². The molecule has 1 aliphatic heterocycles. The van der Waals surface area contributed by atoms with Gasteiger partial charge in [-0.25, -0.2) is 4.99 Å². The molecule has 3 rings (SSSR count). The number of benzene rings is 1. The quantitative estimate of drug-likeness (QED) is 0.660. The maximum Gasteiger partial charge on any atom is 0.191 e. The van der Waals surface area contributed by atoms with Gasteiger partial charge < -0.3 is 24.8 Å². The van der Waals surface area contributed by atoms with Crippen LogP contribution in [0.5, 0.6) is 11.5 Å². The van der Waals surface area contributed by atoms with Crippen molar-refractivity contribution in [1.29, 1.82) is 0 Å². The molecule has 1 aromatic rings. The van der Waals surface area contributed by atoms with E-state index in [1.807, 2.05) is 18.2 Å². The van der Waals surface area contributed by atoms with Crippen LogP contribution in [-0.4, -0.2) is 50.4 Å². The summed E-state index contributed by atoms with van der Waals surface area (Å²) in [7, 11) is 1.67. The van der Waals surface area contributed by atoms with Crippen LogP contribution in [0.15, 0.2) is 23.2 Å². The number of hydrogen-bond donors (Lipinski definition) is 1. The molecule has 0 spiro atoms. The van der Waals surface area contributed by atoms with Gasteiger partial charge in [-0.3, -0.25) is 0 Å². The Morgan fingerprint density at radius 2 is 2.00 bits per heavy atom. The average molecular weight is 333 g/mol. The maximum absolute atomic E-state index is 6.07. The summed E-state index contributed by atoms with van der Waals surface area (Å²) >= 11 is 0. The Kier molecular flexibility index (Phi) is 5.80. The number of nitrogens with two attached hydrogens (primary N) is 1. The minimum atomic E-state index is 0.319. The molecule has 132 valence electrons. The van der Waals surface area contributed by atoms with Crippen molar-refractivity contribution in [3.05, 3.63) is 23.8 Å². The van der Waals surface area contributed by atoms with Gasteiger partial charge in [-0.15, -0.1) is 0 Å². The Morgan fingerprint density at radius 3 is 2.71 bits per heavy atom. The second-order valence-corrected chi connectivity index (χ2v) is 6.28. The molecule has 0 aromatic heterocycles. The number of morpholine rings is 1. The molecular weight excluding hydrogens is 306 g/mol. The van der Waals surface area contributed by atoms with Gasteiger partial charge in [-0.2, -0.15) is 0 Å². The second-order valence-electron chi connectivity index (χ2n) is 6.28. The highest BCUT2D eigenvalue weighted by molar-refractivity contribution is 5.78. The summed E-state index contributed by atoms with van der Waals surface area (Å²) in [6.45, 7) is 3.54. The average Bonchev–Trinajstić information content (AvgIpc) is 3.14. The largest absolute Gasteiger partial charge is 0.493 e. The van der Waals surface area contributed by atoms with E-state index in [0.717, 1.165) is 43.0 Å². The summed E-state index contributed by atoms with van der Waals surface area (Å²) in [4.78, 5) is 6.55. The van der Waals surface area contributed by atoms with Crippen molar-refractivity contribution in [2.75, 3.05) is 33.4 Å². The molecule has 0 unspecified atom stereocenters. The minimum Gasteiger partial charge on any atom is -0.493 e. The molecule has 0 radical (unpaired) electrons. The van der Waals surface area contributed by atoms with Crippen molar-refractivity contribution in [2.45, 2.75) is 38.3 Å². The summed E-state index contributed by atoms with van der Waals surface area (Å²) in [5, 5.41) is 0. The van der Waals surface area contributed by atoms with Gasteiger partial charge in [0, 0.05) is 13.1 Å². The van der Waals surface area contributed by atoms with E-state index >= 15 is 0 Å². The summed E-state index contributed by atoms with van der Waals surface area (Å²) in [6, 6.07) is 6.00. The molecule has 24 heavy (non-hydrogen) atoms. The van der Waals surface area contributed by atoms with Crippen LogP contribution in [0.1, 0.15) is 31.2 Å². The predicted molar refractivity (Wildman–Crippen MR) is 93.6 cm³/mol. The molecule has 1 saturated carbocycles. The zero-order valence-electron chi connectivity index (χ0n) is 14.4. The third-order valence-corrected chi connectivity index (χ3v) is 4.58. The number of aliphatic imine (C=N–C) groups is 1. The zero-order chi connectivity index (χ0) is 16.8. The van der Waals surface area contributed by atoms with Crippen molar-refractivity contribution >= 4 is 5.96 Å². The van der Waals surface area contributed by atoms with Gasteiger partial charge in [0.25, 0.3) is 0 Å². The lowest BCUT2D eigenvalue weighted by molar-refractivity contribution is 0.0674. The highest BCUT2D eigenvalue weighted by Crippen LogP contribution is 2.32. The number of ether oxygens (including phenoxy) is 3. The van der Waals surface area contributed by atoms with Crippen LogP contribution in [0.4, 0.5) is 0 Å². The highest BCUT2D eigenvalue weighted by atomic mass is 16.5. The van der Waals surface area contributed by atoms with Crippen molar-refractivity contribution in [1.82, 2.24) is 4.90 Å². The fourth-order valence-corrected chi connectivity index (χ4v) is 3.16. The lowest BCUT2D eigenvalue weighted by atomic mass is 10.2. The molecule has 1 aromatic carbocycles. The molecule has 6 heteroatoms. The second kappa shape index (κ2) is 8.24. The van der Waals surface area contributed by atoms with E-state index < -0.39 is 0 Å². The van der Waals surface area contributed by atoms with Crippen LogP contribution < -0.4 is 15.2 Å². The van der Waals surface area contributed by atoms with Crippen molar-refractivity contribution < 1.29 is 14.2 Å². The van der Waals surface area contributed by atoms with Crippen LogP contribution in [0.3, 0.4) is 0 Å². The van der Waals surface area contributed by atoms with E-state index in [9.17, 15) is 0 Å². The Labute approximate surface area is 143 Å². The van der Waals surface area contributed by atoms with Crippen LogP contribution in [-0.2, 0) is 11.3 Å². The summed E-state index contributed by atoms with van der Waals surface area (Å²) < 4.78 is 16.9. The van der Waals surface area contributed by atoms with Gasteiger partial charge >= 0.3 is 0 Å². The fourth-order valence-electron chi connectivity index (χ4n) is 3.16. The van der Waals surface area contributed by atoms with Crippen LogP contribution in [0, 0.1) is 0 Å². The lowest BCUT2D eigenvalue weighted by Crippen LogP contribution is -2.44. The molecule has 1 heterocycles. The molecule has 2 fully saturated rings. The van der Waals surface area contributed by atoms with Gasteiger partial charge in [0.2, 0.25) is 0 Å². The molecule has 2 N–H and O–H groups in total. The SMILES string of the molecule is COc1cc(CN=C(N)N2CCOCC2)ccc1OC1CCCC1. The summed E-state index contributed by atoms with van der Waals surface area (Å²) in [6.07, 6.45) is 5.08. The van der Waals surface area contributed by atoms with E-state index in [1.165, 1.54) is 12.8 Å². The van der Waals surface area contributed by atoms with Crippen LogP contribution >= 0.6 is 0 Å². The Bertz CT molecular complexity index is 565. The molecule has 1 aliphatic carbocycles. The number of nitrogens with zero attached hydrogens (tertiary/aromatic N) is 2. The predicted octanol–water partition coefficient (Wildman–Crippen LogP) is 2.16. The fraction of sp³-hybridized carbons (Fsp3) is 0.611. The lowest BCUT2D eigenvalue weighted by Gasteiger charge is -2.27. The Balaban J connectivity index is 1.63. The molecule has 2 aliphatic rings. The third kappa shape index (κ3) is 4.32. The number of guanidine groups is 1. The van der Waals surface area contributed by atoms with Gasteiger partial charge in [-0.1, -0.05) is 6.07 Å². The number of rotatable bonds is 5. The summed E-state index contributed by atoms with van der Waals surface area (Å²) in [5.74, 6) is 2.15. The third-order valence-electron chi connectivity index (χ3n) is 4.58. The smallest absolute Gasteiger partial charge is 0.191 e. The normalized spacial score (nSPS) is 19.5. The van der Waals surface area contributed by atoms with Crippen LogP contribution in [0.25, 0.3) is 0 Å². The molecule has 1 saturated heterocycles. The minimum absolute atomic E-state index is 0.319. The number of methoxy groups -OCH3 is 1. The first-order valence-electron chi connectivity index (χ1n) is 8.72. The topological polar surface area (TPSA) is 69.3 Å². The van der Waals surface area contributed by atoms with E-state index in [4.69, 9.17) is 19.9 Å². The van der Waals surface area contributed by atoms with Gasteiger partial charge in [0.1, 0.15) is 0 Å².